The third-order valence-electron chi connectivity index (χ3n) is 4.02. The van der Waals surface area contributed by atoms with Crippen molar-refractivity contribution < 1.29 is 0 Å². The van der Waals surface area contributed by atoms with Crippen LogP contribution in [-0.4, -0.2) is 0 Å². The monoisotopic (exact) mass is 210 g/mol. The maximum atomic E-state index is 2.40. The van der Waals surface area contributed by atoms with Crippen molar-refractivity contribution in [1.29, 1.82) is 0 Å². The van der Waals surface area contributed by atoms with Crippen molar-refractivity contribution in [2.24, 2.45) is 34.0 Å². The molecule has 15 heavy (non-hydrogen) atoms. The summed E-state index contributed by atoms with van der Waals surface area (Å²) in [5, 5.41) is 0. The quantitative estimate of drug-likeness (QED) is 0.528. The van der Waals surface area contributed by atoms with Gasteiger partial charge in [-0.25, -0.2) is 0 Å². The molecule has 1 aliphatic carbocycles. The number of hydrogen-bond acceptors (Lipinski definition) is 0. The van der Waals surface area contributed by atoms with Gasteiger partial charge in [0.2, 0.25) is 0 Å². The van der Waals surface area contributed by atoms with E-state index in [9.17, 15) is 0 Å². The first-order chi connectivity index (χ1) is 6.37. The highest BCUT2D eigenvalue weighted by Crippen LogP contribution is 2.68. The first-order valence-electron chi connectivity index (χ1n) is 6.37. The van der Waals surface area contributed by atoms with Gasteiger partial charge < -0.3 is 0 Å². The average Bonchev–Trinajstić information content (AvgIpc) is 2.51. The molecule has 1 rings (SSSR count). The van der Waals surface area contributed by atoms with Crippen LogP contribution < -0.4 is 0 Å². The van der Waals surface area contributed by atoms with Crippen molar-refractivity contribution in [2.45, 2.75) is 62.3 Å². The van der Waals surface area contributed by atoms with Crippen LogP contribution >= 0.6 is 0 Å². The molecule has 0 nitrogen and oxygen atoms in total. The standard InChI is InChI=1S/C15H30/c1-13(2,3)10-11(14(4,5)6)12(10)15(7,8)9/h10-12H,1-9H3. The lowest BCUT2D eigenvalue weighted by Gasteiger charge is -2.24. The van der Waals surface area contributed by atoms with E-state index < -0.39 is 0 Å². The molecule has 0 amide bonds. The van der Waals surface area contributed by atoms with Crippen LogP contribution in [0.1, 0.15) is 62.3 Å². The molecule has 0 radical (unpaired) electrons. The van der Waals surface area contributed by atoms with Crippen LogP contribution in [0.15, 0.2) is 0 Å². The fourth-order valence-electron chi connectivity index (χ4n) is 3.54. The molecular formula is C15H30. The third kappa shape index (κ3) is 2.57. The molecule has 0 aliphatic heterocycles. The Morgan fingerprint density at radius 3 is 0.600 bits per heavy atom. The van der Waals surface area contributed by atoms with E-state index in [1.807, 2.05) is 0 Å². The van der Waals surface area contributed by atoms with Gasteiger partial charge in [-0.2, -0.15) is 0 Å². The van der Waals surface area contributed by atoms with Gasteiger partial charge in [0.25, 0.3) is 0 Å². The van der Waals surface area contributed by atoms with E-state index in [4.69, 9.17) is 0 Å². The van der Waals surface area contributed by atoms with Crippen LogP contribution in [0.25, 0.3) is 0 Å². The highest BCUT2D eigenvalue weighted by atomic mass is 14.7. The van der Waals surface area contributed by atoms with Crippen LogP contribution in [0.4, 0.5) is 0 Å². The molecule has 90 valence electrons. The Bertz CT molecular complexity index is 179. The van der Waals surface area contributed by atoms with Gasteiger partial charge in [-0.05, 0) is 34.0 Å². The first-order valence-corrected chi connectivity index (χ1v) is 6.37. The molecule has 0 saturated heterocycles. The van der Waals surface area contributed by atoms with E-state index in [1.165, 1.54) is 0 Å². The molecule has 0 unspecified atom stereocenters. The zero-order valence-electron chi connectivity index (χ0n) is 12.2. The third-order valence-corrected chi connectivity index (χ3v) is 4.02. The fourth-order valence-corrected chi connectivity index (χ4v) is 3.54. The van der Waals surface area contributed by atoms with Crippen LogP contribution in [-0.2, 0) is 0 Å². The molecule has 1 saturated carbocycles. The summed E-state index contributed by atoms with van der Waals surface area (Å²) in [6.45, 7) is 21.6. The molecule has 0 aromatic carbocycles. The smallest absolute Gasteiger partial charge is 0.0293 e. The minimum atomic E-state index is 0.468. The van der Waals surface area contributed by atoms with Crippen LogP contribution in [0.5, 0.6) is 0 Å². The second kappa shape index (κ2) is 3.25. The number of rotatable bonds is 0. The Morgan fingerprint density at radius 1 is 0.400 bits per heavy atom. The predicted octanol–water partition coefficient (Wildman–Crippen LogP) is 4.99. The second-order valence-corrected chi connectivity index (χ2v) is 8.68. The maximum Gasteiger partial charge on any atom is -0.0293 e. The van der Waals surface area contributed by atoms with Gasteiger partial charge in [-0.3, -0.25) is 0 Å². The van der Waals surface area contributed by atoms with E-state index in [2.05, 4.69) is 62.3 Å². The summed E-state index contributed by atoms with van der Waals surface area (Å²) in [7, 11) is 0. The normalized spacial score (nSPS) is 33.0. The Labute approximate surface area is 96.8 Å². The zero-order chi connectivity index (χ0) is 12.2. The van der Waals surface area contributed by atoms with Crippen molar-refractivity contribution in [2.75, 3.05) is 0 Å². The summed E-state index contributed by atoms with van der Waals surface area (Å²) < 4.78 is 0. The number of hydrogen-bond donors (Lipinski definition) is 0. The lowest BCUT2D eigenvalue weighted by molar-refractivity contribution is 0.254. The molecule has 1 aliphatic rings. The maximum absolute atomic E-state index is 2.40. The molecule has 0 N–H and O–H groups in total. The summed E-state index contributed by atoms with van der Waals surface area (Å²) in [4.78, 5) is 0. The molecule has 0 heterocycles. The Balaban J connectivity index is 2.91. The minimum absolute atomic E-state index is 0.468. The van der Waals surface area contributed by atoms with E-state index >= 15 is 0 Å². The van der Waals surface area contributed by atoms with Gasteiger partial charge in [0.1, 0.15) is 0 Å². The zero-order valence-corrected chi connectivity index (χ0v) is 12.2. The Kier molecular flexibility index (Phi) is 2.83. The molecular weight excluding hydrogens is 180 g/mol. The topological polar surface area (TPSA) is 0 Å². The molecule has 0 spiro atoms. The van der Waals surface area contributed by atoms with Gasteiger partial charge in [-0.1, -0.05) is 62.3 Å². The molecule has 0 aromatic heterocycles. The lowest BCUT2D eigenvalue weighted by Crippen LogP contribution is -2.16. The van der Waals surface area contributed by atoms with Crippen molar-refractivity contribution in [3.05, 3.63) is 0 Å². The Hall–Kier alpha value is 0. The van der Waals surface area contributed by atoms with E-state index in [0.717, 1.165) is 17.8 Å². The summed E-state index contributed by atoms with van der Waals surface area (Å²) in [5.74, 6) is 2.70. The van der Waals surface area contributed by atoms with Gasteiger partial charge in [0.05, 0.1) is 0 Å². The van der Waals surface area contributed by atoms with Crippen molar-refractivity contribution >= 4 is 0 Å². The molecule has 0 aromatic rings. The van der Waals surface area contributed by atoms with Crippen molar-refractivity contribution in [3.63, 3.8) is 0 Å². The predicted molar refractivity (Wildman–Crippen MR) is 68.8 cm³/mol. The molecule has 0 atom stereocenters. The van der Waals surface area contributed by atoms with Gasteiger partial charge >= 0.3 is 0 Å². The Morgan fingerprint density at radius 2 is 0.533 bits per heavy atom. The summed E-state index contributed by atoms with van der Waals surface area (Å²) in [6, 6.07) is 0. The van der Waals surface area contributed by atoms with Gasteiger partial charge in [-0.15, -0.1) is 0 Å². The highest BCUT2D eigenvalue weighted by molar-refractivity contribution is 5.10. The second-order valence-electron chi connectivity index (χ2n) is 8.68. The SMILES string of the molecule is CC(C)(C)C1C(C(C)(C)C)C1C(C)(C)C. The van der Waals surface area contributed by atoms with Crippen LogP contribution in [0.2, 0.25) is 0 Å². The molecule has 0 bridgehead atoms. The van der Waals surface area contributed by atoms with Gasteiger partial charge in [0.15, 0.2) is 0 Å². The van der Waals surface area contributed by atoms with E-state index in [-0.39, 0.29) is 0 Å². The first kappa shape index (κ1) is 13.1. The minimum Gasteiger partial charge on any atom is -0.0599 e. The van der Waals surface area contributed by atoms with Crippen LogP contribution in [0, 0.1) is 34.0 Å². The van der Waals surface area contributed by atoms with Crippen molar-refractivity contribution in [3.8, 4) is 0 Å². The van der Waals surface area contributed by atoms with Gasteiger partial charge in [0, 0.05) is 0 Å². The van der Waals surface area contributed by atoms with Crippen molar-refractivity contribution in [1.82, 2.24) is 0 Å². The molecule has 1 fully saturated rings. The van der Waals surface area contributed by atoms with E-state index in [1.54, 1.807) is 0 Å². The summed E-state index contributed by atoms with van der Waals surface area (Å²) in [6.07, 6.45) is 0. The lowest BCUT2D eigenvalue weighted by atomic mass is 9.81. The largest absolute Gasteiger partial charge is 0.0599 e. The highest BCUT2D eigenvalue weighted by Gasteiger charge is 2.63. The molecule has 0 heteroatoms. The van der Waals surface area contributed by atoms with E-state index in [0.29, 0.717) is 16.2 Å². The summed E-state index contributed by atoms with van der Waals surface area (Å²) >= 11 is 0. The fraction of sp³-hybridized carbons (Fsp3) is 1.00. The van der Waals surface area contributed by atoms with Crippen LogP contribution in [0.3, 0.4) is 0 Å². The average molecular weight is 210 g/mol. The summed E-state index contributed by atoms with van der Waals surface area (Å²) in [5.41, 5.74) is 1.40.